The zero-order valence-corrected chi connectivity index (χ0v) is 11.8. The molecule has 106 valence electrons. The van der Waals surface area contributed by atoms with Gasteiger partial charge < -0.3 is 5.32 Å². The van der Waals surface area contributed by atoms with Gasteiger partial charge in [-0.05, 0) is 42.9 Å². The van der Waals surface area contributed by atoms with Gasteiger partial charge in [0.25, 0.3) is 0 Å². The summed E-state index contributed by atoms with van der Waals surface area (Å²) in [6.07, 6.45) is 1.68. The van der Waals surface area contributed by atoms with Gasteiger partial charge in [-0.25, -0.2) is 9.07 Å². The second-order valence-electron chi connectivity index (χ2n) is 4.81. The van der Waals surface area contributed by atoms with Crippen LogP contribution in [-0.4, -0.2) is 16.8 Å². The molecule has 0 aliphatic rings. The number of hydrogen-bond donors (Lipinski definition) is 1. The van der Waals surface area contributed by atoms with E-state index >= 15 is 0 Å². The lowest BCUT2D eigenvalue weighted by Gasteiger charge is -2.09. The van der Waals surface area contributed by atoms with E-state index in [0.29, 0.717) is 12.1 Å². The topological polar surface area (TPSA) is 29.9 Å². The molecule has 0 unspecified atom stereocenters. The van der Waals surface area contributed by atoms with Crippen molar-refractivity contribution in [3.8, 4) is 16.9 Å². The molecule has 3 rings (SSSR count). The van der Waals surface area contributed by atoms with Crippen LogP contribution < -0.4 is 5.32 Å². The molecule has 3 aromatic rings. The molecular weight excluding hydrogens is 265 g/mol. The second-order valence-corrected chi connectivity index (χ2v) is 4.81. The Morgan fingerprint density at radius 3 is 2.62 bits per heavy atom. The van der Waals surface area contributed by atoms with Crippen molar-refractivity contribution in [2.75, 3.05) is 7.05 Å². The average Bonchev–Trinajstić information content (AvgIpc) is 2.98. The van der Waals surface area contributed by atoms with Gasteiger partial charge >= 0.3 is 0 Å². The van der Waals surface area contributed by atoms with E-state index in [1.165, 1.54) is 0 Å². The number of benzene rings is 2. The van der Waals surface area contributed by atoms with Gasteiger partial charge in [-0.2, -0.15) is 5.10 Å². The third-order valence-electron chi connectivity index (χ3n) is 3.33. The van der Waals surface area contributed by atoms with Gasteiger partial charge in [0.05, 0.1) is 17.6 Å². The summed E-state index contributed by atoms with van der Waals surface area (Å²) in [7, 11) is 1.84. The van der Waals surface area contributed by atoms with Crippen LogP contribution in [0.2, 0.25) is 0 Å². The van der Waals surface area contributed by atoms with Crippen molar-refractivity contribution >= 4 is 0 Å². The van der Waals surface area contributed by atoms with Crippen molar-refractivity contribution < 1.29 is 4.39 Å². The van der Waals surface area contributed by atoms with E-state index in [2.05, 4.69) is 10.4 Å². The van der Waals surface area contributed by atoms with E-state index in [1.54, 1.807) is 23.0 Å². The van der Waals surface area contributed by atoms with E-state index in [9.17, 15) is 4.39 Å². The Hall–Kier alpha value is -2.46. The molecule has 1 aromatic heterocycles. The highest BCUT2D eigenvalue weighted by Crippen LogP contribution is 2.25. The SMILES string of the molecule is CNCc1ccc(-c2ccnn2-c2ccccc2)c(F)c1. The lowest BCUT2D eigenvalue weighted by molar-refractivity contribution is 0.625. The minimum absolute atomic E-state index is 0.236. The Morgan fingerprint density at radius 1 is 1.10 bits per heavy atom. The normalized spacial score (nSPS) is 10.8. The van der Waals surface area contributed by atoms with Crippen LogP contribution in [0.25, 0.3) is 16.9 Å². The molecule has 0 spiro atoms. The van der Waals surface area contributed by atoms with E-state index in [4.69, 9.17) is 0 Å². The monoisotopic (exact) mass is 281 g/mol. The van der Waals surface area contributed by atoms with Gasteiger partial charge in [0, 0.05) is 12.1 Å². The minimum Gasteiger partial charge on any atom is -0.316 e. The number of halogens is 1. The van der Waals surface area contributed by atoms with Crippen LogP contribution in [0.4, 0.5) is 4.39 Å². The Morgan fingerprint density at radius 2 is 1.90 bits per heavy atom. The first kappa shape index (κ1) is 13.5. The van der Waals surface area contributed by atoms with E-state index in [0.717, 1.165) is 16.9 Å². The van der Waals surface area contributed by atoms with Gasteiger partial charge in [0.15, 0.2) is 0 Å². The molecule has 0 atom stereocenters. The summed E-state index contributed by atoms with van der Waals surface area (Å²) in [5, 5.41) is 7.32. The van der Waals surface area contributed by atoms with Gasteiger partial charge in [-0.15, -0.1) is 0 Å². The zero-order chi connectivity index (χ0) is 14.7. The molecule has 0 saturated carbocycles. The van der Waals surface area contributed by atoms with Gasteiger partial charge in [0.1, 0.15) is 5.82 Å². The fourth-order valence-corrected chi connectivity index (χ4v) is 2.36. The summed E-state index contributed by atoms with van der Waals surface area (Å²) in [4.78, 5) is 0. The molecular formula is C17H16FN3. The summed E-state index contributed by atoms with van der Waals surface area (Å²) in [5.41, 5.74) is 3.13. The molecule has 3 nitrogen and oxygen atoms in total. The Kier molecular flexibility index (Phi) is 3.79. The number of rotatable bonds is 4. The molecule has 1 N–H and O–H groups in total. The van der Waals surface area contributed by atoms with Crippen LogP contribution in [-0.2, 0) is 6.54 Å². The molecule has 0 amide bonds. The first-order valence-corrected chi connectivity index (χ1v) is 6.82. The molecule has 0 fully saturated rings. The molecule has 21 heavy (non-hydrogen) atoms. The Balaban J connectivity index is 2.04. The van der Waals surface area contributed by atoms with Crippen LogP contribution >= 0.6 is 0 Å². The van der Waals surface area contributed by atoms with Crippen LogP contribution in [0.15, 0.2) is 60.8 Å². The standard InChI is InChI=1S/C17H16FN3/c1-19-12-13-7-8-15(16(18)11-13)17-9-10-20-21(17)14-5-3-2-4-6-14/h2-11,19H,12H2,1H3. The summed E-state index contributed by atoms with van der Waals surface area (Å²) in [6, 6.07) is 16.8. The largest absolute Gasteiger partial charge is 0.316 e. The molecule has 0 aliphatic carbocycles. The van der Waals surface area contributed by atoms with Gasteiger partial charge in [-0.3, -0.25) is 0 Å². The van der Waals surface area contributed by atoms with Crippen LogP contribution in [0, 0.1) is 5.82 Å². The quantitative estimate of drug-likeness (QED) is 0.794. The van der Waals surface area contributed by atoms with Gasteiger partial charge in [0.2, 0.25) is 0 Å². The van der Waals surface area contributed by atoms with E-state index in [-0.39, 0.29) is 5.82 Å². The predicted molar refractivity (Wildman–Crippen MR) is 81.7 cm³/mol. The molecule has 0 saturated heterocycles. The van der Waals surface area contributed by atoms with Crippen molar-refractivity contribution in [3.63, 3.8) is 0 Å². The number of hydrogen-bond acceptors (Lipinski definition) is 2. The fraction of sp³-hybridized carbons (Fsp3) is 0.118. The van der Waals surface area contributed by atoms with Crippen LogP contribution in [0.1, 0.15) is 5.56 Å². The lowest BCUT2D eigenvalue weighted by atomic mass is 10.1. The number of para-hydroxylation sites is 1. The maximum atomic E-state index is 14.4. The van der Waals surface area contributed by atoms with E-state index < -0.39 is 0 Å². The summed E-state index contributed by atoms with van der Waals surface area (Å²) in [5.74, 6) is -0.236. The molecule has 2 aromatic carbocycles. The molecule has 0 bridgehead atoms. The van der Waals surface area contributed by atoms with Crippen molar-refractivity contribution in [3.05, 3.63) is 72.2 Å². The average molecular weight is 281 g/mol. The second kappa shape index (κ2) is 5.89. The molecule has 0 radical (unpaired) electrons. The maximum Gasteiger partial charge on any atom is 0.132 e. The van der Waals surface area contributed by atoms with Crippen LogP contribution in [0.5, 0.6) is 0 Å². The fourth-order valence-electron chi connectivity index (χ4n) is 2.36. The Labute approximate surface area is 123 Å². The van der Waals surface area contributed by atoms with Crippen molar-refractivity contribution in [1.82, 2.24) is 15.1 Å². The third kappa shape index (κ3) is 2.71. The Bertz CT molecular complexity index is 735. The first-order chi connectivity index (χ1) is 10.3. The summed E-state index contributed by atoms with van der Waals surface area (Å²) in [6.45, 7) is 0.648. The zero-order valence-electron chi connectivity index (χ0n) is 11.8. The number of nitrogens with zero attached hydrogens (tertiary/aromatic N) is 2. The van der Waals surface area contributed by atoms with Gasteiger partial charge in [-0.1, -0.05) is 24.3 Å². The number of aromatic nitrogens is 2. The maximum absolute atomic E-state index is 14.4. The van der Waals surface area contributed by atoms with Crippen molar-refractivity contribution in [2.24, 2.45) is 0 Å². The predicted octanol–water partition coefficient (Wildman–Crippen LogP) is 3.40. The molecule has 1 heterocycles. The number of nitrogens with one attached hydrogen (secondary N) is 1. The minimum atomic E-state index is -0.236. The highest BCUT2D eigenvalue weighted by Gasteiger charge is 2.12. The smallest absolute Gasteiger partial charge is 0.132 e. The van der Waals surface area contributed by atoms with Crippen molar-refractivity contribution in [2.45, 2.75) is 6.54 Å². The van der Waals surface area contributed by atoms with Crippen molar-refractivity contribution in [1.29, 1.82) is 0 Å². The van der Waals surface area contributed by atoms with E-state index in [1.807, 2.05) is 49.5 Å². The van der Waals surface area contributed by atoms with Crippen LogP contribution in [0.3, 0.4) is 0 Å². The first-order valence-electron chi connectivity index (χ1n) is 6.82. The molecule has 0 aliphatic heterocycles. The highest BCUT2D eigenvalue weighted by atomic mass is 19.1. The lowest BCUT2D eigenvalue weighted by Crippen LogP contribution is -2.06. The molecule has 4 heteroatoms. The highest BCUT2D eigenvalue weighted by molar-refractivity contribution is 5.63. The summed E-state index contributed by atoms with van der Waals surface area (Å²) < 4.78 is 16.1. The third-order valence-corrected chi connectivity index (χ3v) is 3.33. The summed E-state index contributed by atoms with van der Waals surface area (Å²) >= 11 is 0.